The average Bonchev–Trinajstić information content (AvgIpc) is 2.42. The molecule has 9 heavy (non-hydrogen) atoms. The van der Waals surface area contributed by atoms with Crippen molar-refractivity contribution >= 4 is 5.97 Å². The maximum Gasteiger partial charge on any atom is 0.308 e. The Kier molecular flexibility index (Phi) is 0.750. The third-order valence-corrected chi connectivity index (χ3v) is 1.94. The first-order valence-electron chi connectivity index (χ1n) is 3.09. The Morgan fingerprint density at radius 1 is 1.78 bits per heavy atom. The van der Waals surface area contributed by atoms with Crippen molar-refractivity contribution in [2.75, 3.05) is 6.61 Å². The second-order valence-corrected chi connectivity index (χ2v) is 2.68. The third-order valence-electron chi connectivity index (χ3n) is 1.94. The van der Waals surface area contributed by atoms with Gasteiger partial charge in [0.1, 0.15) is 6.61 Å². The maximum absolute atomic E-state index is 10.6. The molecule has 3 nitrogen and oxygen atoms in total. The lowest BCUT2D eigenvalue weighted by Crippen LogP contribution is -2.16. The monoisotopic (exact) mass is 128 g/mol. The summed E-state index contributed by atoms with van der Waals surface area (Å²) in [6.07, 6.45) is 0.514. The van der Waals surface area contributed by atoms with E-state index >= 15 is 0 Å². The summed E-state index contributed by atoms with van der Waals surface area (Å²) in [4.78, 5) is 10.6. The summed E-state index contributed by atoms with van der Waals surface area (Å²) < 4.78 is 9.91. The van der Waals surface area contributed by atoms with Crippen molar-refractivity contribution in [2.24, 2.45) is 5.92 Å². The molecule has 0 unspecified atom stereocenters. The molecule has 2 atom stereocenters. The zero-order valence-electron chi connectivity index (χ0n) is 5.22. The van der Waals surface area contributed by atoms with Gasteiger partial charge in [-0.1, -0.05) is 6.92 Å². The molecule has 0 N–H and O–H groups in total. The van der Waals surface area contributed by atoms with Crippen LogP contribution in [0.4, 0.5) is 0 Å². The first kappa shape index (κ1) is 5.23. The number of hydrogen-bond acceptors (Lipinski definition) is 3. The van der Waals surface area contributed by atoms with Crippen molar-refractivity contribution in [3.63, 3.8) is 0 Å². The zero-order valence-corrected chi connectivity index (χ0v) is 5.22. The van der Waals surface area contributed by atoms with E-state index < -0.39 is 5.79 Å². The fourth-order valence-electron chi connectivity index (χ4n) is 1.16. The Balaban J connectivity index is 2.19. The second kappa shape index (κ2) is 1.29. The van der Waals surface area contributed by atoms with Crippen LogP contribution < -0.4 is 0 Å². The third kappa shape index (κ3) is 0.580. The van der Waals surface area contributed by atoms with Gasteiger partial charge in [-0.05, 0) is 0 Å². The molecule has 0 bridgehead atoms. The van der Waals surface area contributed by atoms with Crippen LogP contribution in [0.1, 0.15) is 13.3 Å². The fourth-order valence-corrected chi connectivity index (χ4v) is 1.16. The van der Waals surface area contributed by atoms with Crippen molar-refractivity contribution < 1.29 is 14.3 Å². The van der Waals surface area contributed by atoms with Crippen LogP contribution >= 0.6 is 0 Å². The van der Waals surface area contributed by atoms with Crippen molar-refractivity contribution in [3.05, 3.63) is 0 Å². The molecule has 0 aromatic heterocycles. The molecule has 3 heteroatoms. The van der Waals surface area contributed by atoms with Gasteiger partial charge < -0.3 is 9.47 Å². The number of rotatable bonds is 0. The summed E-state index contributed by atoms with van der Waals surface area (Å²) in [5.74, 6) is -0.345. The zero-order chi connectivity index (χ0) is 6.48. The molecule has 0 saturated carbocycles. The summed E-state index contributed by atoms with van der Waals surface area (Å²) in [5.41, 5.74) is 0. The summed E-state index contributed by atoms with van der Waals surface area (Å²) in [5, 5.41) is 0. The summed E-state index contributed by atoms with van der Waals surface area (Å²) in [6.45, 7) is 2.57. The van der Waals surface area contributed by atoms with E-state index in [-0.39, 0.29) is 11.9 Å². The normalized spacial score (nSPS) is 47.7. The van der Waals surface area contributed by atoms with Crippen LogP contribution in [-0.4, -0.2) is 18.4 Å². The van der Waals surface area contributed by atoms with Gasteiger partial charge in [-0.3, -0.25) is 4.79 Å². The van der Waals surface area contributed by atoms with E-state index in [9.17, 15) is 4.79 Å². The molecule has 0 aromatic carbocycles. The molecule has 2 rings (SSSR count). The summed E-state index contributed by atoms with van der Waals surface area (Å²) >= 11 is 0. The molecule has 2 aliphatic rings. The first-order chi connectivity index (χ1) is 4.23. The van der Waals surface area contributed by atoms with Gasteiger partial charge in [0.05, 0.1) is 6.42 Å². The molecular formula is C6H8O3. The first-order valence-corrected chi connectivity index (χ1v) is 3.09. The molecule has 1 spiro atoms. The lowest BCUT2D eigenvalue weighted by atomic mass is 10.1. The highest BCUT2D eigenvalue weighted by Crippen LogP contribution is 2.43. The SMILES string of the molecule is C[C@H]1CC(=O)O[C@@]12CO2. The highest BCUT2D eigenvalue weighted by atomic mass is 16.8. The van der Waals surface area contributed by atoms with E-state index in [1.54, 1.807) is 0 Å². The smallest absolute Gasteiger partial charge is 0.308 e. The van der Waals surface area contributed by atoms with E-state index in [0.29, 0.717) is 13.0 Å². The standard InChI is InChI=1S/C6H8O3/c1-4-2-5(7)9-6(4)3-8-6/h4H,2-3H2,1H3/t4-,6-/m0/s1. The molecule has 2 saturated heterocycles. The van der Waals surface area contributed by atoms with Crippen LogP contribution in [0.2, 0.25) is 0 Å². The van der Waals surface area contributed by atoms with E-state index in [1.807, 2.05) is 6.92 Å². The lowest BCUT2D eigenvalue weighted by molar-refractivity contribution is -0.148. The van der Waals surface area contributed by atoms with Gasteiger partial charge in [0.25, 0.3) is 0 Å². The second-order valence-electron chi connectivity index (χ2n) is 2.68. The Bertz CT molecular complexity index is 160. The van der Waals surface area contributed by atoms with Crippen LogP contribution in [0, 0.1) is 5.92 Å². The van der Waals surface area contributed by atoms with Crippen LogP contribution in [0.5, 0.6) is 0 Å². The maximum atomic E-state index is 10.6. The predicted molar refractivity (Wildman–Crippen MR) is 28.6 cm³/mol. The van der Waals surface area contributed by atoms with Crippen molar-refractivity contribution in [1.82, 2.24) is 0 Å². The van der Waals surface area contributed by atoms with Gasteiger partial charge in [0.2, 0.25) is 5.79 Å². The van der Waals surface area contributed by atoms with E-state index in [4.69, 9.17) is 9.47 Å². The minimum atomic E-state index is -0.475. The van der Waals surface area contributed by atoms with Crippen LogP contribution in [-0.2, 0) is 14.3 Å². The topological polar surface area (TPSA) is 38.8 Å². The van der Waals surface area contributed by atoms with Gasteiger partial charge >= 0.3 is 5.97 Å². The van der Waals surface area contributed by atoms with Crippen molar-refractivity contribution in [2.45, 2.75) is 19.1 Å². The molecule has 0 aliphatic carbocycles. The predicted octanol–water partition coefficient (Wildman–Crippen LogP) is 0.296. The van der Waals surface area contributed by atoms with E-state index in [2.05, 4.69) is 0 Å². The fraction of sp³-hybridized carbons (Fsp3) is 0.833. The number of hydrogen-bond donors (Lipinski definition) is 0. The molecule has 2 aliphatic heterocycles. The van der Waals surface area contributed by atoms with Gasteiger partial charge in [0.15, 0.2) is 0 Å². The van der Waals surface area contributed by atoms with Gasteiger partial charge in [-0.25, -0.2) is 0 Å². The minimum absolute atomic E-state index is 0.125. The van der Waals surface area contributed by atoms with Crippen molar-refractivity contribution in [1.29, 1.82) is 0 Å². The van der Waals surface area contributed by atoms with Crippen LogP contribution in [0.25, 0.3) is 0 Å². The largest absolute Gasteiger partial charge is 0.430 e. The number of ether oxygens (including phenoxy) is 2. The summed E-state index contributed by atoms with van der Waals surface area (Å²) in [6, 6.07) is 0. The Morgan fingerprint density at radius 2 is 2.44 bits per heavy atom. The highest BCUT2D eigenvalue weighted by Gasteiger charge is 2.58. The van der Waals surface area contributed by atoms with Gasteiger partial charge in [-0.15, -0.1) is 0 Å². The minimum Gasteiger partial charge on any atom is -0.430 e. The van der Waals surface area contributed by atoms with Gasteiger partial charge in [0, 0.05) is 5.92 Å². The number of carbonyl (C=O) groups is 1. The van der Waals surface area contributed by atoms with Crippen molar-refractivity contribution in [3.8, 4) is 0 Å². The van der Waals surface area contributed by atoms with Gasteiger partial charge in [-0.2, -0.15) is 0 Å². The lowest BCUT2D eigenvalue weighted by Gasteiger charge is -2.04. The van der Waals surface area contributed by atoms with Crippen LogP contribution in [0.3, 0.4) is 0 Å². The number of esters is 1. The quantitative estimate of drug-likeness (QED) is 0.348. The molecule has 2 heterocycles. The molecule has 2 fully saturated rings. The van der Waals surface area contributed by atoms with Crippen LogP contribution in [0.15, 0.2) is 0 Å². The molecule has 0 amide bonds. The molecular weight excluding hydrogens is 120 g/mol. The Hall–Kier alpha value is -0.570. The average molecular weight is 128 g/mol. The molecule has 0 aromatic rings. The van der Waals surface area contributed by atoms with E-state index in [1.165, 1.54) is 0 Å². The number of carbonyl (C=O) groups excluding carboxylic acids is 1. The Morgan fingerprint density at radius 3 is 2.67 bits per heavy atom. The molecule has 50 valence electrons. The summed E-state index contributed by atoms with van der Waals surface area (Å²) in [7, 11) is 0. The Labute approximate surface area is 52.9 Å². The number of epoxide rings is 1. The highest BCUT2D eigenvalue weighted by molar-refractivity contribution is 5.73. The van der Waals surface area contributed by atoms with E-state index in [0.717, 1.165) is 0 Å². The molecule has 0 radical (unpaired) electrons.